The standard InChI is InChI=1S/C10H9ClO2/c11-7-3-1-6-2-4-9(12)10(13)8(6)5-7/h1-5,9-10,12-13H. The molecule has 0 aromatic heterocycles. The molecular weight excluding hydrogens is 188 g/mol. The SMILES string of the molecule is OC1C=Cc2ccc(Cl)cc2C1O. The minimum Gasteiger partial charge on any atom is -0.386 e. The van der Waals surface area contributed by atoms with Crippen LogP contribution in [-0.4, -0.2) is 16.3 Å². The Morgan fingerprint density at radius 2 is 2.00 bits per heavy atom. The molecule has 2 N–H and O–H groups in total. The summed E-state index contributed by atoms with van der Waals surface area (Å²) in [6.45, 7) is 0. The van der Waals surface area contributed by atoms with Crippen molar-refractivity contribution in [2.24, 2.45) is 0 Å². The second-order valence-corrected chi connectivity index (χ2v) is 3.50. The van der Waals surface area contributed by atoms with Gasteiger partial charge in [-0.3, -0.25) is 0 Å². The van der Waals surface area contributed by atoms with Gasteiger partial charge >= 0.3 is 0 Å². The summed E-state index contributed by atoms with van der Waals surface area (Å²) in [6.07, 6.45) is 1.66. The molecule has 0 fully saturated rings. The zero-order chi connectivity index (χ0) is 9.42. The van der Waals surface area contributed by atoms with Crippen molar-refractivity contribution in [1.82, 2.24) is 0 Å². The molecule has 0 saturated heterocycles. The highest BCUT2D eigenvalue weighted by Gasteiger charge is 2.21. The summed E-state index contributed by atoms with van der Waals surface area (Å²) in [5.74, 6) is 0. The molecule has 13 heavy (non-hydrogen) atoms. The summed E-state index contributed by atoms with van der Waals surface area (Å²) in [5.41, 5.74) is 1.59. The predicted molar refractivity (Wildman–Crippen MR) is 51.5 cm³/mol. The maximum Gasteiger partial charge on any atom is 0.109 e. The van der Waals surface area contributed by atoms with Crippen LogP contribution in [0.4, 0.5) is 0 Å². The van der Waals surface area contributed by atoms with E-state index >= 15 is 0 Å². The molecule has 0 spiro atoms. The van der Waals surface area contributed by atoms with Gasteiger partial charge in [0.25, 0.3) is 0 Å². The molecule has 1 aliphatic rings. The van der Waals surface area contributed by atoms with Gasteiger partial charge in [0.15, 0.2) is 0 Å². The Bertz CT molecular complexity index is 360. The maximum atomic E-state index is 9.59. The summed E-state index contributed by atoms with van der Waals surface area (Å²) in [4.78, 5) is 0. The van der Waals surface area contributed by atoms with Gasteiger partial charge in [0.2, 0.25) is 0 Å². The average Bonchev–Trinajstić information content (AvgIpc) is 2.12. The van der Waals surface area contributed by atoms with Gasteiger partial charge in [-0.25, -0.2) is 0 Å². The number of aliphatic hydroxyl groups is 2. The van der Waals surface area contributed by atoms with Crippen LogP contribution in [0, 0.1) is 0 Å². The molecule has 0 aliphatic heterocycles. The number of benzene rings is 1. The molecule has 0 radical (unpaired) electrons. The van der Waals surface area contributed by atoms with Crippen LogP contribution < -0.4 is 0 Å². The highest BCUT2D eigenvalue weighted by atomic mass is 35.5. The van der Waals surface area contributed by atoms with Crippen molar-refractivity contribution in [3.05, 3.63) is 40.4 Å². The Morgan fingerprint density at radius 3 is 2.77 bits per heavy atom. The molecule has 0 amide bonds. The molecule has 0 bridgehead atoms. The van der Waals surface area contributed by atoms with Crippen LogP contribution in [-0.2, 0) is 0 Å². The highest BCUT2D eigenvalue weighted by Crippen LogP contribution is 2.29. The molecule has 2 rings (SSSR count). The van der Waals surface area contributed by atoms with Gasteiger partial charge in [-0.2, -0.15) is 0 Å². The largest absolute Gasteiger partial charge is 0.386 e. The monoisotopic (exact) mass is 196 g/mol. The first kappa shape index (κ1) is 8.75. The van der Waals surface area contributed by atoms with Crippen LogP contribution in [0.25, 0.3) is 6.08 Å². The number of rotatable bonds is 0. The van der Waals surface area contributed by atoms with Crippen LogP contribution in [0.2, 0.25) is 5.02 Å². The molecule has 1 aliphatic carbocycles. The van der Waals surface area contributed by atoms with Gasteiger partial charge in [-0.15, -0.1) is 0 Å². The van der Waals surface area contributed by atoms with Crippen molar-refractivity contribution in [1.29, 1.82) is 0 Å². The van der Waals surface area contributed by atoms with E-state index in [1.807, 2.05) is 6.07 Å². The first-order chi connectivity index (χ1) is 6.18. The lowest BCUT2D eigenvalue weighted by molar-refractivity contribution is 0.0470. The fourth-order valence-corrected chi connectivity index (χ4v) is 1.63. The van der Waals surface area contributed by atoms with Crippen LogP contribution in [0.5, 0.6) is 0 Å². The summed E-state index contributed by atoms with van der Waals surface area (Å²) >= 11 is 5.77. The smallest absolute Gasteiger partial charge is 0.109 e. The molecule has 3 heteroatoms. The Hall–Kier alpha value is -0.830. The van der Waals surface area contributed by atoms with Gasteiger partial charge in [-0.05, 0) is 23.3 Å². The first-order valence-corrected chi connectivity index (χ1v) is 4.40. The average molecular weight is 197 g/mol. The summed E-state index contributed by atoms with van der Waals surface area (Å²) < 4.78 is 0. The lowest BCUT2D eigenvalue weighted by atomic mass is 9.93. The summed E-state index contributed by atoms with van der Waals surface area (Å²) in [5, 5.41) is 19.5. The Morgan fingerprint density at radius 1 is 1.23 bits per heavy atom. The molecular formula is C10H9ClO2. The van der Waals surface area contributed by atoms with Crippen molar-refractivity contribution in [2.75, 3.05) is 0 Å². The molecule has 1 aromatic rings. The minimum atomic E-state index is -0.862. The second-order valence-electron chi connectivity index (χ2n) is 3.07. The van der Waals surface area contributed by atoms with Crippen LogP contribution in [0.1, 0.15) is 17.2 Å². The van der Waals surface area contributed by atoms with Gasteiger partial charge in [-0.1, -0.05) is 29.8 Å². The number of hydrogen-bond donors (Lipinski definition) is 2. The van der Waals surface area contributed by atoms with Crippen molar-refractivity contribution in [3.63, 3.8) is 0 Å². The first-order valence-electron chi connectivity index (χ1n) is 4.02. The molecule has 1 aromatic carbocycles. The number of aliphatic hydroxyl groups excluding tert-OH is 2. The van der Waals surface area contributed by atoms with Crippen LogP contribution in [0.15, 0.2) is 24.3 Å². The van der Waals surface area contributed by atoms with E-state index < -0.39 is 12.2 Å². The van der Waals surface area contributed by atoms with Gasteiger partial charge < -0.3 is 10.2 Å². The van der Waals surface area contributed by atoms with E-state index in [0.717, 1.165) is 5.56 Å². The summed E-state index contributed by atoms with van der Waals surface area (Å²) in [7, 11) is 0. The van der Waals surface area contributed by atoms with Gasteiger partial charge in [0.05, 0.1) is 0 Å². The molecule has 2 nitrogen and oxygen atoms in total. The number of fused-ring (bicyclic) bond motifs is 1. The van der Waals surface area contributed by atoms with Crippen LogP contribution >= 0.6 is 11.6 Å². The van der Waals surface area contributed by atoms with E-state index in [0.29, 0.717) is 10.6 Å². The van der Waals surface area contributed by atoms with Crippen molar-refractivity contribution in [2.45, 2.75) is 12.2 Å². The quantitative estimate of drug-likeness (QED) is 0.664. The number of halogens is 1. The van der Waals surface area contributed by atoms with E-state index in [2.05, 4.69) is 0 Å². The van der Waals surface area contributed by atoms with Gasteiger partial charge in [0.1, 0.15) is 12.2 Å². The number of hydrogen-bond acceptors (Lipinski definition) is 2. The topological polar surface area (TPSA) is 40.5 Å². The fraction of sp³-hybridized carbons (Fsp3) is 0.200. The van der Waals surface area contributed by atoms with E-state index in [9.17, 15) is 10.2 Å². The van der Waals surface area contributed by atoms with Crippen molar-refractivity contribution >= 4 is 17.7 Å². The fourth-order valence-electron chi connectivity index (χ4n) is 1.45. The minimum absolute atomic E-state index is 0.570. The Kier molecular flexibility index (Phi) is 2.12. The molecule has 68 valence electrons. The van der Waals surface area contributed by atoms with E-state index in [4.69, 9.17) is 11.6 Å². The third-order valence-corrected chi connectivity index (χ3v) is 2.40. The zero-order valence-electron chi connectivity index (χ0n) is 6.81. The maximum absolute atomic E-state index is 9.59. The molecule has 0 heterocycles. The lowest BCUT2D eigenvalue weighted by Gasteiger charge is -2.21. The molecule has 2 atom stereocenters. The third-order valence-electron chi connectivity index (χ3n) is 2.16. The van der Waals surface area contributed by atoms with Crippen LogP contribution in [0.3, 0.4) is 0 Å². The predicted octanol–water partition coefficient (Wildman–Crippen LogP) is 1.76. The van der Waals surface area contributed by atoms with E-state index in [1.165, 1.54) is 0 Å². The second kappa shape index (κ2) is 3.14. The van der Waals surface area contributed by atoms with E-state index in [-0.39, 0.29) is 0 Å². The van der Waals surface area contributed by atoms with E-state index in [1.54, 1.807) is 24.3 Å². The molecule has 0 saturated carbocycles. The Balaban J connectivity index is 2.54. The third kappa shape index (κ3) is 1.48. The summed E-state index contributed by atoms with van der Waals surface area (Å²) in [6, 6.07) is 5.26. The Labute approximate surface area is 81.1 Å². The normalized spacial score (nSPS) is 25.8. The molecule has 2 unspecified atom stereocenters. The van der Waals surface area contributed by atoms with Gasteiger partial charge in [0, 0.05) is 5.02 Å². The highest BCUT2D eigenvalue weighted by molar-refractivity contribution is 6.30. The lowest BCUT2D eigenvalue weighted by Crippen LogP contribution is -2.19. The van der Waals surface area contributed by atoms with Crippen molar-refractivity contribution in [3.8, 4) is 0 Å². The van der Waals surface area contributed by atoms with Crippen molar-refractivity contribution < 1.29 is 10.2 Å². The zero-order valence-corrected chi connectivity index (χ0v) is 7.57.